The zero-order valence-corrected chi connectivity index (χ0v) is 11.7. The van der Waals surface area contributed by atoms with E-state index in [1.165, 1.54) is 17.0 Å². The zero-order chi connectivity index (χ0) is 15.4. The molecule has 2 aromatic rings. The Labute approximate surface area is 122 Å². The van der Waals surface area contributed by atoms with Gasteiger partial charge < -0.3 is 15.7 Å². The summed E-state index contributed by atoms with van der Waals surface area (Å²) in [5.74, 6) is -1.12. The molecule has 4 nitrogen and oxygen atoms in total. The number of nitrogens with two attached hydrogens (primary N) is 1. The average Bonchev–Trinajstić information content (AvgIpc) is 2.47. The maximum Gasteiger partial charge on any atom is 0.261 e. The molecule has 0 saturated carbocycles. The molecule has 3 N–H and O–H groups in total. The van der Waals surface area contributed by atoms with E-state index in [2.05, 4.69) is 0 Å². The molecule has 1 amide bonds. The van der Waals surface area contributed by atoms with Gasteiger partial charge in [0, 0.05) is 6.54 Å². The number of benzene rings is 2. The quantitative estimate of drug-likeness (QED) is 0.849. The highest BCUT2D eigenvalue weighted by atomic mass is 19.1. The van der Waals surface area contributed by atoms with Crippen molar-refractivity contribution >= 4 is 17.3 Å². The van der Waals surface area contributed by atoms with Crippen molar-refractivity contribution in [3.63, 3.8) is 0 Å². The molecular formula is C16H17FN2O2. The number of carbonyl (C=O) groups excluding carboxylic acids is 1. The van der Waals surface area contributed by atoms with Gasteiger partial charge in [0.1, 0.15) is 5.82 Å². The van der Waals surface area contributed by atoms with Gasteiger partial charge in [-0.05, 0) is 31.2 Å². The molecule has 0 spiro atoms. The van der Waals surface area contributed by atoms with Crippen LogP contribution in [0.3, 0.4) is 0 Å². The van der Waals surface area contributed by atoms with Crippen LogP contribution in [0.5, 0.6) is 0 Å². The van der Waals surface area contributed by atoms with Gasteiger partial charge in [-0.2, -0.15) is 0 Å². The second kappa shape index (κ2) is 6.37. The maximum atomic E-state index is 13.9. The number of nitrogen functional groups attached to an aromatic ring is 1. The number of aryl methyl sites for hydroxylation is 1. The van der Waals surface area contributed by atoms with Crippen molar-refractivity contribution in [2.45, 2.75) is 6.92 Å². The molecule has 2 aromatic carbocycles. The van der Waals surface area contributed by atoms with Crippen LogP contribution in [-0.4, -0.2) is 24.2 Å². The molecule has 21 heavy (non-hydrogen) atoms. The normalized spacial score (nSPS) is 10.4. The van der Waals surface area contributed by atoms with Crippen molar-refractivity contribution in [1.82, 2.24) is 0 Å². The lowest BCUT2D eigenvalue weighted by Crippen LogP contribution is -2.34. The number of aliphatic hydroxyl groups is 1. The zero-order valence-electron chi connectivity index (χ0n) is 11.7. The molecule has 0 atom stereocenters. The summed E-state index contributed by atoms with van der Waals surface area (Å²) in [6.07, 6.45) is 0. The number of para-hydroxylation sites is 2. The third-order valence-corrected chi connectivity index (χ3v) is 3.15. The van der Waals surface area contributed by atoms with Crippen LogP contribution in [0.25, 0.3) is 0 Å². The van der Waals surface area contributed by atoms with E-state index in [1.807, 2.05) is 0 Å². The number of amides is 1. The van der Waals surface area contributed by atoms with E-state index in [0.29, 0.717) is 11.4 Å². The lowest BCUT2D eigenvalue weighted by Gasteiger charge is -2.23. The summed E-state index contributed by atoms with van der Waals surface area (Å²) in [6, 6.07) is 11.1. The molecule has 0 aliphatic carbocycles. The van der Waals surface area contributed by atoms with Gasteiger partial charge in [-0.1, -0.05) is 23.8 Å². The molecule has 0 saturated heterocycles. The van der Waals surface area contributed by atoms with Gasteiger partial charge in [0.25, 0.3) is 5.91 Å². The number of hydrogen-bond donors (Lipinski definition) is 2. The van der Waals surface area contributed by atoms with Crippen LogP contribution in [0.1, 0.15) is 15.9 Å². The predicted molar refractivity (Wildman–Crippen MR) is 80.8 cm³/mol. The fourth-order valence-corrected chi connectivity index (χ4v) is 2.11. The van der Waals surface area contributed by atoms with Gasteiger partial charge >= 0.3 is 0 Å². The lowest BCUT2D eigenvalue weighted by atomic mass is 10.1. The van der Waals surface area contributed by atoms with E-state index < -0.39 is 11.7 Å². The third kappa shape index (κ3) is 3.20. The first kappa shape index (κ1) is 15.0. The monoisotopic (exact) mass is 288 g/mol. The topological polar surface area (TPSA) is 66.6 Å². The van der Waals surface area contributed by atoms with E-state index in [9.17, 15) is 14.3 Å². The summed E-state index contributed by atoms with van der Waals surface area (Å²) >= 11 is 0. The van der Waals surface area contributed by atoms with Crippen LogP contribution < -0.4 is 10.6 Å². The first-order valence-electron chi connectivity index (χ1n) is 6.58. The van der Waals surface area contributed by atoms with E-state index in [-0.39, 0.29) is 18.7 Å². The molecule has 0 aromatic heterocycles. The Hall–Kier alpha value is -2.40. The second-order valence-corrected chi connectivity index (χ2v) is 4.72. The number of carbonyl (C=O) groups is 1. The number of aliphatic hydroxyl groups excluding tert-OH is 1. The van der Waals surface area contributed by atoms with E-state index in [1.54, 1.807) is 37.3 Å². The van der Waals surface area contributed by atoms with Crippen LogP contribution in [0, 0.1) is 12.7 Å². The highest BCUT2D eigenvalue weighted by Crippen LogP contribution is 2.25. The van der Waals surface area contributed by atoms with E-state index in [0.717, 1.165) is 5.56 Å². The SMILES string of the molecule is Cc1ccc(F)c(C(=O)N(CCO)c2ccccc2N)c1. The minimum absolute atomic E-state index is 0.0355. The van der Waals surface area contributed by atoms with Gasteiger partial charge in [-0.15, -0.1) is 0 Å². The molecule has 0 radical (unpaired) electrons. The van der Waals surface area contributed by atoms with Crippen LogP contribution >= 0.6 is 0 Å². The number of nitrogens with zero attached hydrogens (tertiary/aromatic N) is 1. The van der Waals surface area contributed by atoms with E-state index in [4.69, 9.17) is 5.73 Å². The van der Waals surface area contributed by atoms with Crippen LogP contribution in [0.15, 0.2) is 42.5 Å². The Morgan fingerprint density at radius 1 is 1.29 bits per heavy atom. The first-order chi connectivity index (χ1) is 10.0. The van der Waals surface area contributed by atoms with Crippen LogP contribution in [-0.2, 0) is 0 Å². The Morgan fingerprint density at radius 3 is 2.67 bits per heavy atom. The third-order valence-electron chi connectivity index (χ3n) is 3.15. The smallest absolute Gasteiger partial charge is 0.261 e. The van der Waals surface area contributed by atoms with Gasteiger partial charge in [-0.25, -0.2) is 4.39 Å². The molecule has 0 fully saturated rings. The van der Waals surface area contributed by atoms with Crippen LogP contribution in [0.4, 0.5) is 15.8 Å². The second-order valence-electron chi connectivity index (χ2n) is 4.72. The summed E-state index contributed by atoms with van der Waals surface area (Å²) in [5.41, 5.74) is 7.46. The number of halogens is 1. The molecule has 0 aliphatic rings. The number of hydrogen-bond acceptors (Lipinski definition) is 3. The molecule has 0 aliphatic heterocycles. The summed E-state index contributed by atoms with van der Waals surface area (Å²) in [7, 11) is 0. The maximum absolute atomic E-state index is 13.9. The largest absolute Gasteiger partial charge is 0.397 e. The fraction of sp³-hybridized carbons (Fsp3) is 0.188. The molecule has 0 bridgehead atoms. The molecule has 110 valence electrons. The summed E-state index contributed by atoms with van der Waals surface area (Å²) in [6.45, 7) is 1.58. The van der Waals surface area contributed by atoms with Gasteiger partial charge in [-0.3, -0.25) is 4.79 Å². The summed E-state index contributed by atoms with van der Waals surface area (Å²) < 4.78 is 13.9. The number of rotatable bonds is 4. The van der Waals surface area contributed by atoms with Gasteiger partial charge in [0.15, 0.2) is 0 Å². The molecule has 5 heteroatoms. The Kier molecular flexibility index (Phi) is 4.55. The van der Waals surface area contributed by atoms with Crippen molar-refractivity contribution < 1.29 is 14.3 Å². The average molecular weight is 288 g/mol. The highest BCUT2D eigenvalue weighted by molar-refractivity contribution is 6.07. The van der Waals surface area contributed by atoms with E-state index >= 15 is 0 Å². The minimum atomic E-state index is -0.594. The Morgan fingerprint density at radius 2 is 2.00 bits per heavy atom. The fourth-order valence-electron chi connectivity index (χ4n) is 2.11. The first-order valence-corrected chi connectivity index (χ1v) is 6.58. The predicted octanol–water partition coefficient (Wildman–Crippen LogP) is 2.36. The van der Waals surface area contributed by atoms with Crippen molar-refractivity contribution in [2.75, 3.05) is 23.8 Å². The highest BCUT2D eigenvalue weighted by Gasteiger charge is 2.22. The van der Waals surface area contributed by atoms with Crippen molar-refractivity contribution in [2.24, 2.45) is 0 Å². The van der Waals surface area contributed by atoms with Gasteiger partial charge in [0.05, 0.1) is 23.5 Å². The number of anilines is 2. The molecule has 0 heterocycles. The summed E-state index contributed by atoms with van der Waals surface area (Å²) in [5, 5.41) is 9.18. The van der Waals surface area contributed by atoms with Crippen molar-refractivity contribution in [1.29, 1.82) is 0 Å². The Bertz CT molecular complexity index is 658. The van der Waals surface area contributed by atoms with Gasteiger partial charge in [0.2, 0.25) is 0 Å². The molecule has 2 rings (SSSR count). The molecular weight excluding hydrogens is 271 g/mol. The Balaban J connectivity index is 2.45. The summed E-state index contributed by atoms with van der Waals surface area (Å²) in [4.78, 5) is 13.9. The van der Waals surface area contributed by atoms with Crippen molar-refractivity contribution in [3.8, 4) is 0 Å². The van der Waals surface area contributed by atoms with Crippen LogP contribution in [0.2, 0.25) is 0 Å². The molecule has 0 unspecified atom stereocenters. The van der Waals surface area contributed by atoms with Crippen molar-refractivity contribution in [3.05, 3.63) is 59.4 Å². The lowest BCUT2D eigenvalue weighted by molar-refractivity contribution is 0.0977. The standard InChI is InChI=1S/C16H17FN2O2/c1-11-6-7-13(17)12(10-11)16(21)19(8-9-20)15-5-3-2-4-14(15)18/h2-7,10,20H,8-9,18H2,1H3. The minimum Gasteiger partial charge on any atom is -0.397 e.